The summed E-state index contributed by atoms with van der Waals surface area (Å²) in [6, 6.07) is 14.3. The molecule has 1 aliphatic rings. The Morgan fingerprint density at radius 2 is 1.79 bits per heavy atom. The number of hydrogen-bond donors (Lipinski definition) is 1. The number of fused-ring (bicyclic) bond motifs is 1. The van der Waals surface area contributed by atoms with Gasteiger partial charge >= 0.3 is 0 Å². The normalized spacial score (nSPS) is 14.8. The molecule has 2 aromatic rings. The van der Waals surface area contributed by atoms with Crippen LogP contribution in [0.15, 0.2) is 42.5 Å². The van der Waals surface area contributed by atoms with Crippen LogP contribution in [-0.4, -0.2) is 5.91 Å². The van der Waals surface area contributed by atoms with E-state index < -0.39 is 0 Å². The molecular formula is C21H24ClNO. The van der Waals surface area contributed by atoms with E-state index in [2.05, 4.69) is 30.4 Å². The number of benzene rings is 2. The van der Waals surface area contributed by atoms with Crippen LogP contribution in [0.4, 0.5) is 0 Å². The maximum atomic E-state index is 12.4. The molecule has 1 aliphatic carbocycles. The Bertz CT molecular complexity index is 708. The van der Waals surface area contributed by atoms with Gasteiger partial charge in [-0.25, -0.2) is 0 Å². The Labute approximate surface area is 149 Å². The number of carbonyl (C=O) groups is 1. The number of hydrogen-bond acceptors (Lipinski definition) is 1. The highest BCUT2D eigenvalue weighted by Crippen LogP contribution is 2.26. The minimum atomic E-state index is 0.0573. The monoisotopic (exact) mass is 341 g/mol. The largest absolute Gasteiger partial charge is 0.349 e. The van der Waals surface area contributed by atoms with Crippen LogP contribution in [0.25, 0.3) is 0 Å². The molecule has 1 N–H and O–H groups in total. The molecule has 0 bridgehead atoms. The van der Waals surface area contributed by atoms with Crippen molar-refractivity contribution in [3.05, 3.63) is 69.7 Å². The standard InChI is InChI=1S/C21H24ClNO/c1-2-20(18-10-9-16-5-3-4-6-17(16)14-18)23-21(24)13-15-7-11-19(22)12-8-15/h7-12,14,20H,2-6,13H2,1H3,(H,23,24)/t20-/m1/s1. The SMILES string of the molecule is CC[C@@H](NC(=O)Cc1ccc(Cl)cc1)c1ccc2c(c1)CCCC2. The first kappa shape index (κ1) is 17.0. The van der Waals surface area contributed by atoms with E-state index in [1.54, 1.807) is 0 Å². The highest BCUT2D eigenvalue weighted by atomic mass is 35.5. The van der Waals surface area contributed by atoms with Gasteiger partial charge in [0.1, 0.15) is 0 Å². The van der Waals surface area contributed by atoms with Crippen molar-refractivity contribution in [2.75, 3.05) is 0 Å². The molecule has 1 amide bonds. The van der Waals surface area contributed by atoms with E-state index in [0.717, 1.165) is 12.0 Å². The van der Waals surface area contributed by atoms with Gasteiger partial charge in [0.05, 0.1) is 12.5 Å². The van der Waals surface area contributed by atoms with Gasteiger partial charge in [-0.3, -0.25) is 4.79 Å². The van der Waals surface area contributed by atoms with Gasteiger partial charge in [-0.1, -0.05) is 48.9 Å². The summed E-state index contributed by atoms with van der Waals surface area (Å²) < 4.78 is 0. The number of nitrogens with one attached hydrogen (secondary N) is 1. The van der Waals surface area contributed by atoms with Gasteiger partial charge in [0.15, 0.2) is 0 Å². The van der Waals surface area contributed by atoms with Gasteiger partial charge in [-0.2, -0.15) is 0 Å². The molecular weight excluding hydrogens is 318 g/mol. The molecule has 0 fully saturated rings. The summed E-state index contributed by atoms with van der Waals surface area (Å²) in [5.74, 6) is 0.0573. The lowest BCUT2D eigenvalue weighted by molar-refractivity contribution is -0.121. The van der Waals surface area contributed by atoms with Crippen LogP contribution in [0.5, 0.6) is 0 Å². The summed E-state index contributed by atoms with van der Waals surface area (Å²) in [4.78, 5) is 12.4. The van der Waals surface area contributed by atoms with Gasteiger partial charge in [0.25, 0.3) is 0 Å². The van der Waals surface area contributed by atoms with Crippen molar-refractivity contribution in [2.24, 2.45) is 0 Å². The fourth-order valence-corrected chi connectivity index (χ4v) is 3.55. The maximum Gasteiger partial charge on any atom is 0.224 e. The predicted octanol–water partition coefficient (Wildman–Crippen LogP) is 5.03. The number of halogens is 1. The van der Waals surface area contributed by atoms with Crippen LogP contribution in [0.1, 0.15) is 54.5 Å². The average molecular weight is 342 g/mol. The summed E-state index contributed by atoms with van der Waals surface area (Å²) in [7, 11) is 0. The average Bonchev–Trinajstić information content (AvgIpc) is 2.61. The number of amides is 1. The fourth-order valence-electron chi connectivity index (χ4n) is 3.42. The van der Waals surface area contributed by atoms with E-state index in [1.807, 2.05) is 24.3 Å². The van der Waals surface area contributed by atoms with E-state index in [4.69, 9.17) is 11.6 Å². The van der Waals surface area contributed by atoms with Gasteiger partial charge in [0.2, 0.25) is 5.91 Å². The second kappa shape index (κ2) is 7.85. The maximum absolute atomic E-state index is 12.4. The molecule has 0 radical (unpaired) electrons. The van der Waals surface area contributed by atoms with Crippen molar-refractivity contribution < 1.29 is 4.79 Å². The molecule has 0 aromatic heterocycles. The molecule has 0 spiro atoms. The second-order valence-electron chi connectivity index (χ2n) is 6.57. The summed E-state index contributed by atoms with van der Waals surface area (Å²) in [6.07, 6.45) is 6.20. The molecule has 0 unspecified atom stereocenters. The summed E-state index contributed by atoms with van der Waals surface area (Å²) in [5.41, 5.74) is 5.15. The van der Waals surface area contributed by atoms with Crippen molar-refractivity contribution in [1.82, 2.24) is 5.32 Å². The Hall–Kier alpha value is -1.80. The zero-order valence-electron chi connectivity index (χ0n) is 14.1. The molecule has 0 aliphatic heterocycles. The molecule has 2 aromatic carbocycles. The van der Waals surface area contributed by atoms with E-state index in [0.29, 0.717) is 11.4 Å². The zero-order valence-corrected chi connectivity index (χ0v) is 14.9. The summed E-state index contributed by atoms with van der Waals surface area (Å²) in [6.45, 7) is 2.12. The molecule has 24 heavy (non-hydrogen) atoms. The van der Waals surface area contributed by atoms with Crippen molar-refractivity contribution >= 4 is 17.5 Å². The van der Waals surface area contributed by atoms with Crippen molar-refractivity contribution in [2.45, 2.75) is 51.5 Å². The highest BCUT2D eigenvalue weighted by Gasteiger charge is 2.16. The minimum Gasteiger partial charge on any atom is -0.349 e. The Morgan fingerprint density at radius 1 is 1.08 bits per heavy atom. The summed E-state index contributed by atoms with van der Waals surface area (Å²) in [5, 5.41) is 3.88. The highest BCUT2D eigenvalue weighted by molar-refractivity contribution is 6.30. The van der Waals surface area contributed by atoms with E-state index in [9.17, 15) is 4.79 Å². The van der Waals surface area contributed by atoms with Crippen LogP contribution in [0.3, 0.4) is 0 Å². The lowest BCUT2D eigenvalue weighted by Gasteiger charge is -2.22. The number of carbonyl (C=O) groups excluding carboxylic acids is 1. The quantitative estimate of drug-likeness (QED) is 0.812. The second-order valence-corrected chi connectivity index (χ2v) is 7.00. The van der Waals surface area contributed by atoms with Gasteiger partial charge in [-0.05, 0) is 66.5 Å². The first-order valence-corrected chi connectivity index (χ1v) is 9.19. The van der Waals surface area contributed by atoms with Crippen LogP contribution in [-0.2, 0) is 24.1 Å². The number of aryl methyl sites for hydroxylation is 2. The van der Waals surface area contributed by atoms with Crippen LogP contribution >= 0.6 is 11.6 Å². The van der Waals surface area contributed by atoms with Crippen LogP contribution in [0, 0.1) is 0 Å². The van der Waals surface area contributed by atoms with E-state index in [1.165, 1.54) is 42.4 Å². The van der Waals surface area contributed by atoms with Crippen molar-refractivity contribution in [3.63, 3.8) is 0 Å². The first-order chi connectivity index (χ1) is 11.7. The molecule has 0 heterocycles. The molecule has 3 heteroatoms. The number of rotatable bonds is 5. The lowest BCUT2D eigenvalue weighted by Crippen LogP contribution is -2.29. The smallest absolute Gasteiger partial charge is 0.224 e. The van der Waals surface area contributed by atoms with Gasteiger partial charge in [0, 0.05) is 5.02 Å². The van der Waals surface area contributed by atoms with Crippen LogP contribution < -0.4 is 5.32 Å². The third-order valence-electron chi connectivity index (χ3n) is 4.80. The third-order valence-corrected chi connectivity index (χ3v) is 5.05. The Balaban J connectivity index is 1.67. The Kier molecular flexibility index (Phi) is 5.57. The lowest BCUT2D eigenvalue weighted by atomic mass is 9.88. The van der Waals surface area contributed by atoms with Gasteiger partial charge in [-0.15, -0.1) is 0 Å². The zero-order chi connectivity index (χ0) is 16.9. The van der Waals surface area contributed by atoms with E-state index >= 15 is 0 Å². The molecule has 1 atom stereocenters. The summed E-state index contributed by atoms with van der Waals surface area (Å²) >= 11 is 5.89. The van der Waals surface area contributed by atoms with Crippen molar-refractivity contribution in [1.29, 1.82) is 0 Å². The fraction of sp³-hybridized carbons (Fsp3) is 0.381. The molecule has 2 nitrogen and oxygen atoms in total. The minimum absolute atomic E-state index is 0.0573. The molecule has 3 rings (SSSR count). The Morgan fingerprint density at radius 3 is 2.50 bits per heavy atom. The van der Waals surface area contributed by atoms with E-state index in [-0.39, 0.29) is 11.9 Å². The topological polar surface area (TPSA) is 29.1 Å². The third kappa shape index (κ3) is 4.18. The van der Waals surface area contributed by atoms with Gasteiger partial charge < -0.3 is 5.32 Å². The first-order valence-electron chi connectivity index (χ1n) is 8.81. The molecule has 0 saturated heterocycles. The predicted molar refractivity (Wildman–Crippen MR) is 99.4 cm³/mol. The van der Waals surface area contributed by atoms with Crippen LogP contribution in [0.2, 0.25) is 5.02 Å². The molecule has 0 saturated carbocycles. The molecule has 126 valence electrons. The van der Waals surface area contributed by atoms with Crippen molar-refractivity contribution in [3.8, 4) is 0 Å².